The van der Waals surface area contributed by atoms with E-state index in [1.165, 1.54) is 7.11 Å². The number of nitrogens with one attached hydrogen (secondary N) is 2. The molecule has 1 aliphatic rings. The number of carbonyl (C=O) groups is 3. The molecule has 136 valence electrons. The fraction of sp³-hybridized carbons (Fsp3) is 0.500. The van der Waals surface area contributed by atoms with Gasteiger partial charge in [0.15, 0.2) is 0 Å². The van der Waals surface area contributed by atoms with Crippen LogP contribution in [0, 0.1) is 12.8 Å². The Morgan fingerprint density at radius 3 is 2.52 bits per heavy atom. The van der Waals surface area contributed by atoms with Crippen molar-refractivity contribution in [2.24, 2.45) is 5.92 Å². The van der Waals surface area contributed by atoms with Crippen molar-refractivity contribution >= 4 is 17.9 Å². The van der Waals surface area contributed by atoms with Crippen molar-refractivity contribution in [3.8, 4) is 0 Å². The lowest BCUT2D eigenvalue weighted by molar-refractivity contribution is -0.146. The molecule has 7 nitrogen and oxygen atoms in total. The molecular weight excluding hydrogens is 322 g/mol. The zero-order valence-corrected chi connectivity index (χ0v) is 14.7. The number of ether oxygens (including phenoxy) is 1. The standard InChI is InChI=1S/C18H25N3O4/c1-13-5-7-14(8-6-13)16(22)19-9-10-20-18(24)21-11-3-4-15(12-21)17(23)25-2/h5-8,15H,3-4,9-12H2,1-2H3,(H,19,22)(H,20,24)/t15-/m0/s1. The third-order valence-corrected chi connectivity index (χ3v) is 4.24. The number of aryl methyl sites for hydroxylation is 1. The molecule has 1 aliphatic heterocycles. The number of hydrogen-bond donors (Lipinski definition) is 2. The van der Waals surface area contributed by atoms with Crippen LogP contribution in [0.2, 0.25) is 0 Å². The maximum atomic E-state index is 12.2. The van der Waals surface area contributed by atoms with Gasteiger partial charge in [-0.3, -0.25) is 9.59 Å². The predicted octanol–water partition coefficient (Wildman–Crippen LogP) is 1.32. The average Bonchev–Trinajstić information content (AvgIpc) is 2.64. The molecule has 0 radical (unpaired) electrons. The monoisotopic (exact) mass is 347 g/mol. The third kappa shape index (κ3) is 5.48. The van der Waals surface area contributed by atoms with E-state index in [2.05, 4.69) is 10.6 Å². The van der Waals surface area contributed by atoms with Gasteiger partial charge >= 0.3 is 12.0 Å². The van der Waals surface area contributed by atoms with Gasteiger partial charge in [-0.25, -0.2) is 4.79 Å². The van der Waals surface area contributed by atoms with Crippen LogP contribution in [0.15, 0.2) is 24.3 Å². The summed E-state index contributed by atoms with van der Waals surface area (Å²) in [7, 11) is 1.36. The largest absolute Gasteiger partial charge is 0.469 e. The van der Waals surface area contributed by atoms with E-state index >= 15 is 0 Å². The van der Waals surface area contributed by atoms with Crippen LogP contribution in [0.5, 0.6) is 0 Å². The zero-order chi connectivity index (χ0) is 18.2. The van der Waals surface area contributed by atoms with Crippen LogP contribution < -0.4 is 10.6 Å². The number of hydrogen-bond acceptors (Lipinski definition) is 4. The number of piperidine rings is 1. The molecule has 2 N–H and O–H groups in total. The third-order valence-electron chi connectivity index (χ3n) is 4.24. The Hall–Kier alpha value is -2.57. The first-order chi connectivity index (χ1) is 12.0. The molecule has 25 heavy (non-hydrogen) atoms. The Bertz CT molecular complexity index is 615. The summed E-state index contributed by atoms with van der Waals surface area (Å²) in [6, 6.07) is 7.07. The van der Waals surface area contributed by atoms with Gasteiger partial charge < -0.3 is 20.3 Å². The van der Waals surface area contributed by atoms with Gasteiger partial charge in [0.05, 0.1) is 13.0 Å². The van der Waals surface area contributed by atoms with Crippen LogP contribution in [-0.4, -0.2) is 56.1 Å². The minimum Gasteiger partial charge on any atom is -0.469 e. The van der Waals surface area contributed by atoms with Gasteiger partial charge in [0.2, 0.25) is 0 Å². The normalized spacial score (nSPS) is 16.9. The maximum Gasteiger partial charge on any atom is 0.317 e. The van der Waals surface area contributed by atoms with Crippen LogP contribution in [0.3, 0.4) is 0 Å². The number of methoxy groups -OCH3 is 1. The Balaban J connectivity index is 1.70. The molecule has 1 heterocycles. The molecule has 1 aromatic rings. The summed E-state index contributed by atoms with van der Waals surface area (Å²) in [5, 5.41) is 5.53. The molecule has 0 unspecified atom stereocenters. The van der Waals surface area contributed by atoms with Gasteiger partial charge in [0, 0.05) is 31.7 Å². The molecule has 7 heteroatoms. The molecule has 2 rings (SSSR count). The second-order valence-electron chi connectivity index (χ2n) is 6.16. The molecule has 0 aliphatic carbocycles. The number of esters is 1. The number of amides is 3. The van der Waals surface area contributed by atoms with Crippen LogP contribution in [-0.2, 0) is 9.53 Å². The van der Waals surface area contributed by atoms with Crippen molar-refractivity contribution in [3.63, 3.8) is 0 Å². The molecule has 0 bridgehead atoms. The summed E-state index contributed by atoms with van der Waals surface area (Å²) in [6.07, 6.45) is 1.51. The Kier molecular flexibility index (Phi) is 6.80. The smallest absolute Gasteiger partial charge is 0.317 e. The predicted molar refractivity (Wildman–Crippen MR) is 93.2 cm³/mol. The molecule has 3 amide bonds. The topological polar surface area (TPSA) is 87.7 Å². The van der Waals surface area contributed by atoms with Gasteiger partial charge in [-0.2, -0.15) is 0 Å². The second kappa shape index (κ2) is 9.05. The van der Waals surface area contributed by atoms with Crippen molar-refractivity contribution in [1.82, 2.24) is 15.5 Å². The van der Waals surface area contributed by atoms with E-state index < -0.39 is 0 Å². The molecule has 0 aromatic heterocycles. The van der Waals surface area contributed by atoms with E-state index in [9.17, 15) is 14.4 Å². The van der Waals surface area contributed by atoms with E-state index in [0.29, 0.717) is 31.7 Å². The number of rotatable bonds is 5. The zero-order valence-electron chi connectivity index (χ0n) is 14.7. The lowest BCUT2D eigenvalue weighted by Gasteiger charge is -2.31. The maximum absolute atomic E-state index is 12.2. The van der Waals surface area contributed by atoms with Crippen LogP contribution in [0.25, 0.3) is 0 Å². The van der Waals surface area contributed by atoms with Gasteiger partial charge in [-0.15, -0.1) is 0 Å². The highest BCUT2D eigenvalue weighted by Crippen LogP contribution is 2.17. The summed E-state index contributed by atoms with van der Waals surface area (Å²) < 4.78 is 4.75. The molecule has 1 saturated heterocycles. The highest BCUT2D eigenvalue weighted by atomic mass is 16.5. The second-order valence-corrected chi connectivity index (χ2v) is 6.16. The number of benzene rings is 1. The SMILES string of the molecule is COC(=O)[C@H]1CCCN(C(=O)NCCNC(=O)c2ccc(C)cc2)C1. The number of nitrogens with zero attached hydrogens (tertiary/aromatic N) is 1. The van der Waals surface area contributed by atoms with Crippen LogP contribution in [0.1, 0.15) is 28.8 Å². The molecule has 1 fully saturated rings. The number of carbonyl (C=O) groups excluding carboxylic acids is 3. The van der Waals surface area contributed by atoms with Gasteiger partial charge in [0.25, 0.3) is 5.91 Å². The van der Waals surface area contributed by atoms with E-state index in [0.717, 1.165) is 18.4 Å². The van der Waals surface area contributed by atoms with Gasteiger partial charge in [-0.1, -0.05) is 17.7 Å². The van der Waals surface area contributed by atoms with Crippen LogP contribution >= 0.6 is 0 Å². The van der Waals surface area contributed by atoms with Crippen molar-refractivity contribution in [2.75, 3.05) is 33.3 Å². The molecule has 1 aromatic carbocycles. The number of likely N-dealkylation sites (tertiary alicyclic amines) is 1. The van der Waals surface area contributed by atoms with Gasteiger partial charge in [-0.05, 0) is 31.9 Å². The highest BCUT2D eigenvalue weighted by molar-refractivity contribution is 5.94. The molecule has 0 spiro atoms. The molecule has 0 saturated carbocycles. The molecular formula is C18H25N3O4. The lowest BCUT2D eigenvalue weighted by Crippen LogP contribution is -2.48. The first-order valence-electron chi connectivity index (χ1n) is 8.46. The van der Waals surface area contributed by atoms with E-state index in [-0.39, 0.29) is 23.8 Å². The Morgan fingerprint density at radius 2 is 1.84 bits per heavy atom. The summed E-state index contributed by atoms with van der Waals surface area (Å²) in [5.74, 6) is -0.702. The van der Waals surface area contributed by atoms with Gasteiger partial charge in [0.1, 0.15) is 0 Å². The summed E-state index contributed by atoms with van der Waals surface area (Å²) in [6.45, 7) is 3.62. The van der Waals surface area contributed by atoms with Crippen molar-refractivity contribution in [3.05, 3.63) is 35.4 Å². The summed E-state index contributed by atoms with van der Waals surface area (Å²) >= 11 is 0. The average molecular weight is 347 g/mol. The summed E-state index contributed by atoms with van der Waals surface area (Å²) in [4.78, 5) is 37.3. The van der Waals surface area contributed by atoms with Crippen LogP contribution in [0.4, 0.5) is 4.79 Å². The van der Waals surface area contributed by atoms with Crippen molar-refractivity contribution < 1.29 is 19.1 Å². The van der Waals surface area contributed by atoms with E-state index in [4.69, 9.17) is 4.74 Å². The van der Waals surface area contributed by atoms with E-state index in [1.807, 2.05) is 19.1 Å². The first-order valence-corrected chi connectivity index (χ1v) is 8.46. The Labute approximate surface area is 147 Å². The van der Waals surface area contributed by atoms with Crippen molar-refractivity contribution in [2.45, 2.75) is 19.8 Å². The minimum atomic E-state index is -0.275. The van der Waals surface area contributed by atoms with Crippen molar-refractivity contribution in [1.29, 1.82) is 0 Å². The Morgan fingerprint density at radius 1 is 1.16 bits per heavy atom. The summed E-state index contributed by atoms with van der Waals surface area (Å²) in [5.41, 5.74) is 1.68. The first kappa shape index (κ1) is 18.8. The fourth-order valence-electron chi connectivity index (χ4n) is 2.78. The van der Waals surface area contributed by atoms with E-state index in [1.54, 1.807) is 17.0 Å². The quantitative estimate of drug-likeness (QED) is 0.621. The minimum absolute atomic E-state index is 0.169. The highest BCUT2D eigenvalue weighted by Gasteiger charge is 2.28. The molecule has 1 atom stereocenters. The number of urea groups is 1. The lowest BCUT2D eigenvalue weighted by atomic mass is 9.98. The fourth-order valence-corrected chi connectivity index (χ4v) is 2.78.